The molecule has 0 fully saturated rings. The van der Waals surface area contributed by atoms with E-state index in [2.05, 4.69) is 4.98 Å². The zero-order valence-electron chi connectivity index (χ0n) is 37.3. The van der Waals surface area contributed by atoms with Crippen LogP contribution in [0.1, 0.15) is 102 Å². The minimum Gasteiger partial charge on any atom is -0.508 e. The second-order valence-electron chi connectivity index (χ2n) is 17.8. The Morgan fingerprint density at radius 1 is 0.803 bits per heavy atom. The molecule has 0 bridgehead atoms. The molecule has 3 heterocycles. The number of nitro benzene ring substituents is 1. The SMILES string of the molecule is CCc1ccc(Oc2ccc(C(F)(F)F)c(C#N)c2)cc1C1=C(O)C(C)(C)OC(C)(CCCc2ccc(Oc3nc4c([N+](=O)[O-])cccc4s3)cc2C2=C(O)C(C)(C)OC(C)(C)C2=O)C1=O. The van der Waals surface area contributed by atoms with Gasteiger partial charge in [0.05, 0.1) is 38.0 Å². The van der Waals surface area contributed by atoms with E-state index in [1.807, 2.05) is 6.92 Å². The zero-order valence-corrected chi connectivity index (χ0v) is 38.1. The number of thiazole rings is 1. The maximum absolute atomic E-state index is 14.7. The number of aliphatic hydroxyl groups is 2. The molecule has 0 saturated heterocycles. The minimum atomic E-state index is -4.75. The van der Waals surface area contributed by atoms with Gasteiger partial charge in [-0.05, 0) is 145 Å². The average Bonchev–Trinajstić information content (AvgIpc) is 3.65. The Bertz CT molecular complexity index is 2940. The molecule has 7 rings (SSSR count). The molecule has 2 N–H and O–H groups in total. The number of aromatic nitrogens is 1. The van der Waals surface area contributed by atoms with Gasteiger partial charge in [-0.15, -0.1) is 0 Å². The van der Waals surface area contributed by atoms with Gasteiger partial charge in [-0.2, -0.15) is 23.4 Å². The Balaban J connectivity index is 1.21. The molecule has 1 unspecified atom stereocenters. The van der Waals surface area contributed by atoms with Gasteiger partial charge in [0.2, 0.25) is 0 Å². The Morgan fingerprint density at radius 3 is 2.00 bits per heavy atom. The van der Waals surface area contributed by atoms with Crippen molar-refractivity contribution in [1.29, 1.82) is 5.26 Å². The van der Waals surface area contributed by atoms with Crippen molar-refractivity contribution in [2.45, 2.75) is 110 Å². The van der Waals surface area contributed by atoms with Crippen LogP contribution in [-0.2, 0) is 38.1 Å². The number of rotatable bonds is 12. The molecule has 0 radical (unpaired) electrons. The Kier molecular flexibility index (Phi) is 12.2. The molecule has 0 saturated carbocycles. The molecule has 17 heteroatoms. The Labute approximate surface area is 381 Å². The van der Waals surface area contributed by atoms with Crippen LogP contribution in [0.5, 0.6) is 22.4 Å². The van der Waals surface area contributed by atoms with E-state index in [1.165, 1.54) is 12.1 Å². The number of para-hydroxylation sites is 1. The number of fused-ring (bicyclic) bond motifs is 1. The topological polar surface area (TPSA) is 191 Å². The second-order valence-corrected chi connectivity index (χ2v) is 18.8. The summed E-state index contributed by atoms with van der Waals surface area (Å²) in [5, 5.41) is 44.5. The van der Waals surface area contributed by atoms with Crippen LogP contribution in [0.15, 0.2) is 84.3 Å². The first-order chi connectivity index (χ1) is 30.8. The number of halogens is 3. The summed E-state index contributed by atoms with van der Waals surface area (Å²) < 4.78 is 65.5. The van der Waals surface area contributed by atoms with Gasteiger partial charge in [-0.25, -0.2) is 0 Å². The summed E-state index contributed by atoms with van der Waals surface area (Å²) in [5.74, 6) is -1.32. The third-order valence-electron chi connectivity index (χ3n) is 11.7. The summed E-state index contributed by atoms with van der Waals surface area (Å²) in [4.78, 5) is 44.4. The number of Topliss-reactive ketones (excluding diaryl/α,β-unsaturated/α-hetero) is 2. The highest BCUT2D eigenvalue weighted by Crippen LogP contribution is 2.46. The van der Waals surface area contributed by atoms with Crippen molar-refractivity contribution in [3.05, 3.63) is 128 Å². The van der Waals surface area contributed by atoms with Crippen molar-refractivity contribution in [3.8, 4) is 28.5 Å². The van der Waals surface area contributed by atoms with E-state index >= 15 is 0 Å². The van der Waals surface area contributed by atoms with Crippen LogP contribution in [0.2, 0.25) is 0 Å². The standard InChI is InChI=1S/C49H46F3N3O10S/c1-9-26-15-17-30(62-29-19-20-34(49(50,51)52)28(22-29)25-53)23-32(26)38-42(58)47(6,7)65-48(8,43(38)59)21-11-12-27-16-18-31(63-44-54-39-35(55(60)61)13-10-14-36(39)66-44)24-33(27)37-40(56)45(2,3)64-46(4,5)41(37)57/h10,13-20,22-24,56,58H,9,11-12,21H2,1-8H3. The Hall–Kier alpha value is -6.61. The van der Waals surface area contributed by atoms with Gasteiger partial charge in [0.15, 0.2) is 17.1 Å². The number of hydrogen-bond donors (Lipinski definition) is 2. The molecule has 344 valence electrons. The highest BCUT2D eigenvalue weighted by molar-refractivity contribution is 7.20. The number of ketones is 2. The van der Waals surface area contributed by atoms with Crippen molar-refractivity contribution in [2.75, 3.05) is 0 Å². The van der Waals surface area contributed by atoms with Crippen molar-refractivity contribution in [1.82, 2.24) is 4.98 Å². The molecule has 0 amide bonds. The second kappa shape index (κ2) is 17.0. The molecule has 4 aromatic carbocycles. The van der Waals surface area contributed by atoms with Gasteiger partial charge in [0.25, 0.3) is 10.9 Å². The number of non-ortho nitro benzene ring substituents is 1. The minimum absolute atomic E-state index is 0.0125. The van der Waals surface area contributed by atoms with E-state index in [9.17, 15) is 48.3 Å². The van der Waals surface area contributed by atoms with Gasteiger partial charge >= 0.3 is 6.18 Å². The van der Waals surface area contributed by atoms with Gasteiger partial charge in [0, 0.05) is 6.07 Å². The summed E-state index contributed by atoms with van der Waals surface area (Å²) in [5.41, 5.74) is -5.31. The largest absolute Gasteiger partial charge is 0.508 e. The van der Waals surface area contributed by atoms with Crippen LogP contribution in [0, 0.1) is 21.4 Å². The first kappa shape index (κ1) is 47.4. The van der Waals surface area contributed by atoms with Gasteiger partial charge in [-0.1, -0.05) is 36.5 Å². The van der Waals surface area contributed by atoms with Crippen LogP contribution >= 0.6 is 11.3 Å². The van der Waals surface area contributed by atoms with Gasteiger partial charge in [-0.3, -0.25) is 19.7 Å². The van der Waals surface area contributed by atoms with Crippen LogP contribution in [-0.4, -0.2) is 54.1 Å². The highest BCUT2D eigenvalue weighted by atomic mass is 32.1. The number of ether oxygens (including phenoxy) is 4. The summed E-state index contributed by atoms with van der Waals surface area (Å²) in [7, 11) is 0. The van der Waals surface area contributed by atoms with E-state index in [0.29, 0.717) is 39.8 Å². The molecule has 1 atom stereocenters. The number of hydrogen-bond acceptors (Lipinski definition) is 13. The van der Waals surface area contributed by atoms with Gasteiger partial charge < -0.3 is 29.2 Å². The smallest absolute Gasteiger partial charge is 0.417 e. The number of carbonyl (C=O) groups excluding carboxylic acids is 2. The fourth-order valence-electron chi connectivity index (χ4n) is 8.55. The number of nitriles is 1. The summed E-state index contributed by atoms with van der Waals surface area (Å²) >= 11 is 1.10. The van der Waals surface area contributed by atoms with E-state index in [1.54, 1.807) is 97.0 Å². The number of alkyl halides is 3. The summed E-state index contributed by atoms with van der Waals surface area (Å²) in [6.45, 7) is 13.2. The van der Waals surface area contributed by atoms with E-state index in [0.717, 1.165) is 29.5 Å². The molecule has 1 aromatic heterocycles. The van der Waals surface area contributed by atoms with Crippen LogP contribution < -0.4 is 9.47 Å². The van der Waals surface area contributed by atoms with Crippen molar-refractivity contribution >= 4 is 50.0 Å². The molecule has 5 aromatic rings. The van der Waals surface area contributed by atoms with E-state index in [-0.39, 0.29) is 69.2 Å². The van der Waals surface area contributed by atoms with Crippen molar-refractivity contribution in [2.24, 2.45) is 0 Å². The third-order valence-corrected chi connectivity index (χ3v) is 12.6. The zero-order chi connectivity index (χ0) is 48.3. The molecular weight excluding hydrogens is 880 g/mol. The predicted molar refractivity (Wildman–Crippen MR) is 240 cm³/mol. The Morgan fingerprint density at radius 2 is 1.38 bits per heavy atom. The van der Waals surface area contributed by atoms with Crippen LogP contribution in [0.4, 0.5) is 18.9 Å². The monoisotopic (exact) mass is 925 g/mol. The first-order valence-corrected chi connectivity index (χ1v) is 21.8. The maximum atomic E-state index is 14.7. The normalized spacial score (nSPS) is 19.2. The lowest BCUT2D eigenvalue weighted by atomic mass is 9.78. The maximum Gasteiger partial charge on any atom is 0.417 e. The lowest BCUT2D eigenvalue weighted by Gasteiger charge is -2.43. The summed E-state index contributed by atoms with van der Waals surface area (Å²) in [6.07, 6.45) is -3.65. The van der Waals surface area contributed by atoms with Crippen LogP contribution in [0.3, 0.4) is 0 Å². The fraction of sp³-hybridized carbons (Fsp3) is 0.347. The average molecular weight is 926 g/mol. The molecule has 66 heavy (non-hydrogen) atoms. The van der Waals surface area contributed by atoms with Crippen molar-refractivity contribution < 1.29 is 56.8 Å². The molecule has 0 aliphatic carbocycles. The number of aliphatic hydroxyl groups excluding tert-OH is 2. The third kappa shape index (κ3) is 8.88. The molecule has 2 aliphatic rings. The number of nitrogens with zero attached hydrogens (tertiary/aromatic N) is 3. The van der Waals surface area contributed by atoms with Gasteiger partial charge in [0.1, 0.15) is 51.2 Å². The predicted octanol–water partition coefficient (Wildman–Crippen LogP) is 12.1. The number of aryl methyl sites for hydroxylation is 2. The van der Waals surface area contributed by atoms with E-state index in [4.69, 9.17) is 18.9 Å². The quantitative estimate of drug-likeness (QED) is 0.0890. The number of nitro groups is 1. The van der Waals surface area contributed by atoms with Crippen molar-refractivity contribution in [3.63, 3.8) is 0 Å². The number of benzene rings is 4. The highest BCUT2D eigenvalue weighted by Gasteiger charge is 2.50. The first-order valence-electron chi connectivity index (χ1n) is 20.9. The molecule has 13 nitrogen and oxygen atoms in total. The lowest BCUT2D eigenvalue weighted by Crippen LogP contribution is -2.51. The lowest BCUT2D eigenvalue weighted by molar-refractivity contribution is -0.383. The number of carbonyl (C=O) groups is 2. The fourth-order valence-corrected chi connectivity index (χ4v) is 9.41. The summed E-state index contributed by atoms with van der Waals surface area (Å²) in [6, 6.07) is 18.7. The van der Waals surface area contributed by atoms with E-state index < -0.39 is 56.2 Å². The van der Waals surface area contributed by atoms with Crippen LogP contribution in [0.25, 0.3) is 21.4 Å². The molecule has 2 aliphatic heterocycles. The molecule has 0 spiro atoms. The molecular formula is C49H46F3N3O10S.